The number of rotatable bonds is 6. The molecule has 150 valence electrons. The van der Waals surface area contributed by atoms with Crippen LogP contribution in [0.1, 0.15) is 80.5 Å². The lowest BCUT2D eigenvalue weighted by Crippen LogP contribution is -2.42. The predicted molar refractivity (Wildman–Crippen MR) is 107 cm³/mol. The number of carbonyl (C=O) groups excluding carboxylic acids is 2. The van der Waals surface area contributed by atoms with Gasteiger partial charge in [-0.05, 0) is 32.6 Å². The molecule has 1 aliphatic carbocycles. The Labute approximate surface area is 161 Å². The number of nitrogens with one attached hydrogen (secondary N) is 1. The van der Waals surface area contributed by atoms with Crippen LogP contribution in [0.4, 0.5) is 0 Å². The van der Waals surface area contributed by atoms with Gasteiger partial charge in [0.05, 0.1) is 0 Å². The van der Waals surface area contributed by atoms with E-state index in [2.05, 4.69) is 19.2 Å². The van der Waals surface area contributed by atoms with Crippen molar-refractivity contribution in [2.75, 3.05) is 7.05 Å². The van der Waals surface area contributed by atoms with Gasteiger partial charge in [0.2, 0.25) is 5.43 Å². The van der Waals surface area contributed by atoms with E-state index in [1.165, 1.54) is 6.42 Å². The van der Waals surface area contributed by atoms with Gasteiger partial charge in [-0.1, -0.05) is 33.1 Å². The first-order valence-corrected chi connectivity index (χ1v) is 10.0. The molecule has 1 N–H and O–H groups in total. The van der Waals surface area contributed by atoms with Gasteiger partial charge in [0.25, 0.3) is 11.8 Å². The SMILES string of the molecule is CC(C)Cn1cc(C(=O)NC(C)C)c(=O)c(C(=O)N(C)C2CCCCC2)c1. The molecule has 0 radical (unpaired) electrons. The maximum absolute atomic E-state index is 13.1. The average Bonchev–Trinajstić information content (AvgIpc) is 2.61. The Morgan fingerprint density at radius 3 is 2.26 bits per heavy atom. The molecule has 0 unspecified atom stereocenters. The normalized spacial score (nSPS) is 15.2. The summed E-state index contributed by atoms with van der Waals surface area (Å²) in [4.78, 5) is 40.2. The second-order valence-electron chi connectivity index (χ2n) is 8.34. The van der Waals surface area contributed by atoms with Crippen molar-refractivity contribution in [2.24, 2.45) is 5.92 Å². The Bertz CT molecular complexity index is 731. The summed E-state index contributed by atoms with van der Waals surface area (Å²) in [6, 6.07) is 0.0806. The van der Waals surface area contributed by atoms with Gasteiger partial charge in [-0.25, -0.2) is 0 Å². The van der Waals surface area contributed by atoms with Crippen molar-refractivity contribution in [3.8, 4) is 0 Å². The smallest absolute Gasteiger partial charge is 0.259 e. The molecule has 0 aromatic carbocycles. The predicted octanol–water partition coefficient (Wildman–Crippen LogP) is 3.05. The van der Waals surface area contributed by atoms with Crippen LogP contribution < -0.4 is 10.7 Å². The molecule has 1 fully saturated rings. The lowest BCUT2D eigenvalue weighted by Gasteiger charge is -2.31. The minimum Gasteiger partial charge on any atom is -0.352 e. The molecule has 0 spiro atoms. The summed E-state index contributed by atoms with van der Waals surface area (Å²) in [6.07, 6.45) is 8.53. The fourth-order valence-corrected chi connectivity index (χ4v) is 3.64. The van der Waals surface area contributed by atoms with Gasteiger partial charge >= 0.3 is 0 Å². The van der Waals surface area contributed by atoms with E-state index < -0.39 is 11.3 Å². The Morgan fingerprint density at radius 1 is 1.11 bits per heavy atom. The maximum atomic E-state index is 13.1. The number of nitrogens with zero attached hydrogens (tertiary/aromatic N) is 2. The highest BCUT2D eigenvalue weighted by Crippen LogP contribution is 2.22. The van der Waals surface area contributed by atoms with Crippen LogP contribution in [-0.2, 0) is 6.54 Å². The molecule has 0 bridgehead atoms. The minimum absolute atomic E-state index is 0.0345. The van der Waals surface area contributed by atoms with Crippen molar-refractivity contribution in [1.82, 2.24) is 14.8 Å². The molecular weight excluding hydrogens is 342 g/mol. The monoisotopic (exact) mass is 375 g/mol. The van der Waals surface area contributed by atoms with Crippen LogP contribution in [-0.4, -0.2) is 40.4 Å². The molecule has 1 aliphatic rings. The van der Waals surface area contributed by atoms with Crippen LogP contribution in [0, 0.1) is 5.92 Å². The van der Waals surface area contributed by atoms with E-state index in [-0.39, 0.29) is 29.1 Å². The topological polar surface area (TPSA) is 71.4 Å². The van der Waals surface area contributed by atoms with Crippen molar-refractivity contribution in [1.29, 1.82) is 0 Å². The summed E-state index contributed by atoms with van der Waals surface area (Å²) in [5, 5.41) is 2.76. The van der Waals surface area contributed by atoms with Crippen LogP contribution in [0.3, 0.4) is 0 Å². The van der Waals surface area contributed by atoms with E-state index in [0.29, 0.717) is 12.5 Å². The van der Waals surface area contributed by atoms with Crippen molar-refractivity contribution in [2.45, 2.75) is 78.4 Å². The third-order valence-electron chi connectivity index (χ3n) is 4.99. The van der Waals surface area contributed by atoms with Crippen LogP contribution in [0.5, 0.6) is 0 Å². The molecule has 27 heavy (non-hydrogen) atoms. The van der Waals surface area contributed by atoms with E-state index in [9.17, 15) is 14.4 Å². The second-order valence-corrected chi connectivity index (χ2v) is 8.34. The highest BCUT2D eigenvalue weighted by Gasteiger charge is 2.27. The fourth-order valence-electron chi connectivity index (χ4n) is 3.64. The number of carbonyl (C=O) groups is 2. The Balaban J connectivity index is 2.42. The van der Waals surface area contributed by atoms with Gasteiger partial charge in [-0.2, -0.15) is 0 Å². The lowest BCUT2D eigenvalue weighted by molar-refractivity contribution is 0.0694. The molecule has 6 heteroatoms. The molecule has 1 saturated carbocycles. The van der Waals surface area contributed by atoms with E-state index in [0.717, 1.165) is 25.7 Å². The molecule has 1 aromatic rings. The summed E-state index contributed by atoms with van der Waals surface area (Å²) in [5.74, 6) is -0.390. The fraction of sp³-hybridized carbons (Fsp3) is 0.667. The average molecular weight is 376 g/mol. The molecule has 2 amide bonds. The van der Waals surface area contributed by atoms with Crippen molar-refractivity contribution < 1.29 is 9.59 Å². The number of hydrogen-bond acceptors (Lipinski definition) is 3. The van der Waals surface area contributed by atoms with Crippen molar-refractivity contribution in [3.05, 3.63) is 33.7 Å². The molecule has 1 heterocycles. The largest absolute Gasteiger partial charge is 0.352 e. The van der Waals surface area contributed by atoms with E-state index in [1.807, 2.05) is 13.8 Å². The van der Waals surface area contributed by atoms with Gasteiger partial charge in [0, 0.05) is 38.1 Å². The summed E-state index contributed by atoms with van der Waals surface area (Å²) in [6.45, 7) is 8.44. The first-order valence-electron chi connectivity index (χ1n) is 10.0. The van der Waals surface area contributed by atoms with Crippen LogP contribution >= 0.6 is 0 Å². The third-order valence-corrected chi connectivity index (χ3v) is 4.99. The quantitative estimate of drug-likeness (QED) is 0.831. The molecule has 2 rings (SSSR count). The Kier molecular flexibility index (Phi) is 7.22. The highest BCUT2D eigenvalue weighted by molar-refractivity contribution is 5.99. The molecule has 6 nitrogen and oxygen atoms in total. The zero-order valence-corrected chi connectivity index (χ0v) is 17.2. The number of amides is 2. The lowest BCUT2D eigenvalue weighted by atomic mass is 9.94. The van der Waals surface area contributed by atoms with Gasteiger partial charge in [-0.15, -0.1) is 0 Å². The summed E-state index contributed by atoms with van der Waals surface area (Å²) < 4.78 is 1.79. The van der Waals surface area contributed by atoms with E-state index in [1.54, 1.807) is 28.9 Å². The number of pyridine rings is 1. The summed E-state index contributed by atoms with van der Waals surface area (Å²) in [5.41, 5.74) is -0.367. The van der Waals surface area contributed by atoms with Gasteiger partial charge in [0.1, 0.15) is 11.1 Å². The molecule has 0 saturated heterocycles. The van der Waals surface area contributed by atoms with Crippen LogP contribution in [0.25, 0.3) is 0 Å². The van der Waals surface area contributed by atoms with E-state index in [4.69, 9.17) is 0 Å². The molecule has 1 aromatic heterocycles. The Morgan fingerprint density at radius 2 is 1.70 bits per heavy atom. The third kappa shape index (κ3) is 5.44. The first kappa shape index (κ1) is 21.2. The van der Waals surface area contributed by atoms with Crippen LogP contribution in [0.15, 0.2) is 17.2 Å². The zero-order chi connectivity index (χ0) is 20.1. The van der Waals surface area contributed by atoms with Gasteiger partial charge in [0.15, 0.2) is 0 Å². The zero-order valence-electron chi connectivity index (χ0n) is 17.2. The summed E-state index contributed by atoms with van der Waals surface area (Å²) in [7, 11) is 1.77. The van der Waals surface area contributed by atoms with Gasteiger partial charge in [-0.3, -0.25) is 14.4 Å². The van der Waals surface area contributed by atoms with E-state index >= 15 is 0 Å². The van der Waals surface area contributed by atoms with Crippen molar-refractivity contribution in [3.63, 3.8) is 0 Å². The van der Waals surface area contributed by atoms with Crippen molar-refractivity contribution >= 4 is 11.8 Å². The number of hydrogen-bond donors (Lipinski definition) is 1. The Hall–Kier alpha value is -2.11. The molecular formula is C21H33N3O3. The molecule has 0 atom stereocenters. The summed E-state index contributed by atoms with van der Waals surface area (Å²) >= 11 is 0. The second kappa shape index (κ2) is 9.20. The molecule has 0 aliphatic heterocycles. The standard InChI is InChI=1S/C21H33N3O3/c1-14(2)11-24-12-17(20(26)22-15(3)4)19(25)18(13-24)21(27)23(5)16-9-7-6-8-10-16/h12-16H,6-11H2,1-5H3,(H,22,26). The van der Waals surface area contributed by atoms with Crippen LogP contribution in [0.2, 0.25) is 0 Å². The minimum atomic E-state index is -0.485. The highest BCUT2D eigenvalue weighted by atomic mass is 16.2. The first-order chi connectivity index (χ1) is 12.7. The maximum Gasteiger partial charge on any atom is 0.259 e. The van der Waals surface area contributed by atoms with Gasteiger partial charge < -0.3 is 14.8 Å². The number of aromatic nitrogens is 1.